The molecule has 48 heavy (non-hydrogen) atoms. The third-order valence-electron chi connectivity index (χ3n) is 8.23. The standard InChI is InChI=1S/C30H30.C14H14.Al.3ClH/c1-3-7-25(8-4-1)11-13-27-15-19-29(20-16-27)23-24-30-21-17-28(18-22-30)14-12-26-9-5-2-6-10-26;1-3-7-13(8-4-1)11-12-14-9-5-2-6-10-14;;;;/h1-10,15-22H,11-14,23-24H2;1-10H,11-12H2;;3*1H/q;;+3;;;/p-3. The summed E-state index contributed by atoms with van der Waals surface area (Å²) in [7, 11) is 14.8. The zero-order valence-electron chi connectivity index (χ0n) is 27.5. The van der Waals surface area contributed by atoms with Crippen molar-refractivity contribution in [3.8, 4) is 0 Å². The Labute approximate surface area is 305 Å². The van der Waals surface area contributed by atoms with Gasteiger partial charge in [0.25, 0.3) is 0 Å². The van der Waals surface area contributed by atoms with Gasteiger partial charge in [0.2, 0.25) is 0 Å². The van der Waals surface area contributed by atoms with Gasteiger partial charge in [-0.25, -0.2) is 30.1 Å². The van der Waals surface area contributed by atoms with Crippen LogP contribution in [0, 0.1) is 0 Å². The van der Waals surface area contributed by atoms with Gasteiger partial charge in [0.05, 0.1) is 0 Å². The van der Waals surface area contributed by atoms with Gasteiger partial charge in [0.1, 0.15) is 0 Å². The molecule has 244 valence electrons. The van der Waals surface area contributed by atoms with Gasteiger partial charge in [0, 0.05) is 0 Å². The van der Waals surface area contributed by atoms with Crippen molar-refractivity contribution < 1.29 is 0 Å². The van der Waals surface area contributed by atoms with E-state index >= 15 is 0 Å². The van der Waals surface area contributed by atoms with Crippen LogP contribution in [0.3, 0.4) is 0 Å². The fraction of sp³-hybridized carbons (Fsp3) is 0.182. The Balaban J connectivity index is 0.000000239. The monoisotopic (exact) mass is 704 g/mol. The van der Waals surface area contributed by atoms with Gasteiger partial charge in [0.15, 0.2) is 0 Å². The van der Waals surface area contributed by atoms with Crippen LogP contribution < -0.4 is 0 Å². The van der Waals surface area contributed by atoms with Gasteiger partial charge in [-0.15, -0.1) is 0 Å². The van der Waals surface area contributed by atoms with Gasteiger partial charge >= 0.3 is 11.4 Å². The van der Waals surface area contributed by atoms with E-state index in [-0.39, 0.29) is 0 Å². The Bertz CT molecular complexity index is 1530. The molecule has 0 nitrogen and oxygen atoms in total. The van der Waals surface area contributed by atoms with Crippen molar-refractivity contribution in [3.63, 3.8) is 0 Å². The molecule has 0 N–H and O–H groups in total. The topological polar surface area (TPSA) is 0 Å². The van der Waals surface area contributed by atoms with E-state index in [1.165, 1.54) is 44.5 Å². The SMILES string of the molecule is [Cl][Al]([Cl])[Cl].c1ccc(CCc2ccc(CCc3ccc(CCc4ccccc4)cc3)cc2)cc1.c1ccc(CCc2ccccc2)cc1. The first-order chi connectivity index (χ1) is 23.5. The summed E-state index contributed by atoms with van der Waals surface area (Å²) in [5.74, 6) is 0. The van der Waals surface area contributed by atoms with Gasteiger partial charge in [-0.2, -0.15) is 0 Å². The number of halogens is 3. The maximum atomic E-state index is 4.94. The van der Waals surface area contributed by atoms with Crippen molar-refractivity contribution in [1.82, 2.24) is 0 Å². The summed E-state index contributed by atoms with van der Waals surface area (Å²) in [6, 6.07) is 61.1. The van der Waals surface area contributed by atoms with Gasteiger partial charge in [-0.1, -0.05) is 170 Å². The molecule has 0 amide bonds. The molecule has 0 aliphatic rings. The summed E-state index contributed by atoms with van der Waals surface area (Å²) in [5, 5.41) is 0. The van der Waals surface area contributed by atoms with Crippen molar-refractivity contribution in [2.24, 2.45) is 0 Å². The zero-order valence-corrected chi connectivity index (χ0v) is 31.0. The second-order valence-electron chi connectivity index (χ2n) is 11.8. The van der Waals surface area contributed by atoms with Gasteiger partial charge in [-0.05, 0) is 95.9 Å². The Kier molecular flexibility index (Phi) is 17.5. The van der Waals surface area contributed by atoms with Crippen LogP contribution in [0.5, 0.6) is 0 Å². The summed E-state index contributed by atoms with van der Waals surface area (Å²) in [4.78, 5) is 0. The van der Waals surface area contributed by atoms with Gasteiger partial charge in [-0.3, -0.25) is 0 Å². The van der Waals surface area contributed by atoms with Crippen LogP contribution in [-0.4, -0.2) is 11.4 Å². The smallest absolute Gasteiger partial charge is 0.214 e. The predicted octanol–water partition coefficient (Wildman–Crippen LogP) is 12.2. The number of rotatable bonds is 12. The highest BCUT2D eigenvalue weighted by atomic mass is 35.8. The summed E-state index contributed by atoms with van der Waals surface area (Å²) in [6.45, 7) is 0. The first-order valence-electron chi connectivity index (χ1n) is 16.8. The van der Waals surface area contributed by atoms with Crippen LogP contribution in [0.15, 0.2) is 170 Å². The molecule has 6 rings (SSSR count). The number of benzene rings is 6. The average molecular weight is 706 g/mol. The summed E-state index contributed by atoms with van der Waals surface area (Å²) in [5.41, 5.74) is 11.3. The molecule has 0 saturated carbocycles. The van der Waals surface area contributed by atoms with Crippen molar-refractivity contribution in [2.75, 3.05) is 0 Å². The van der Waals surface area contributed by atoms with E-state index in [2.05, 4.69) is 170 Å². The van der Waals surface area contributed by atoms with Crippen LogP contribution in [-0.2, 0) is 51.4 Å². The molecule has 0 spiro atoms. The molecule has 0 saturated heterocycles. The molecule has 0 aromatic heterocycles. The molecule has 6 aromatic carbocycles. The summed E-state index contributed by atoms with van der Waals surface area (Å²) < 4.78 is 0. The Morgan fingerprint density at radius 1 is 0.229 bits per heavy atom. The molecular formula is C44H44AlCl3. The fourth-order valence-electron chi connectivity index (χ4n) is 5.48. The molecule has 0 fully saturated rings. The normalized spacial score (nSPS) is 10.2. The second kappa shape index (κ2) is 22.4. The Hall–Kier alpha value is -3.28. The van der Waals surface area contributed by atoms with E-state index in [4.69, 9.17) is 30.1 Å². The van der Waals surface area contributed by atoms with E-state index in [9.17, 15) is 0 Å². The minimum absolute atomic E-state index is 1.10. The highest BCUT2D eigenvalue weighted by Gasteiger charge is 2.01. The zero-order chi connectivity index (χ0) is 33.7. The van der Waals surface area contributed by atoms with E-state index in [0.717, 1.165) is 51.4 Å². The molecule has 0 bridgehead atoms. The lowest BCUT2D eigenvalue weighted by atomic mass is 9.99. The molecule has 0 radical (unpaired) electrons. The largest absolute Gasteiger partial charge is 0.643 e. The number of hydrogen-bond acceptors (Lipinski definition) is 0. The predicted molar refractivity (Wildman–Crippen MR) is 212 cm³/mol. The van der Waals surface area contributed by atoms with Crippen LogP contribution in [0.1, 0.15) is 44.5 Å². The van der Waals surface area contributed by atoms with Crippen LogP contribution in [0.2, 0.25) is 0 Å². The maximum Gasteiger partial charge on any atom is 0.643 e. The maximum absolute atomic E-state index is 4.94. The van der Waals surface area contributed by atoms with E-state index in [0.29, 0.717) is 0 Å². The van der Waals surface area contributed by atoms with Crippen molar-refractivity contribution >= 4 is 41.5 Å². The first-order valence-corrected chi connectivity index (χ1v) is 22.0. The fourth-order valence-corrected chi connectivity index (χ4v) is 5.48. The third kappa shape index (κ3) is 15.7. The lowest BCUT2D eigenvalue weighted by molar-refractivity contribution is 0.932. The summed E-state index contributed by atoms with van der Waals surface area (Å²) >= 11 is -1.72. The highest BCUT2D eigenvalue weighted by Crippen LogP contribution is 2.14. The summed E-state index contributed by atoms with van der Waals surface area (Å²) in [6.07, 6.45) is 8.89. The molecule has 0 heterocycles. The average Bonchev–Trinajstić information content (AvgIpc) is 3.14. The molecule has 6 aromatic rings. The molecule has 4 heteroatoms. The van der Waals surface area contributed by atoms with Gasteiger partial charge < -0.3 is 0 Å². The molecule has 0 unspecified atom stereocenters. The van der Waals surface area contributed by atoms with Crippen molar-refractivity contribution in [2.45, 2.75) is 51.4 Å². The molecule has 0 aliphatic carbocycles. The van der Waals surface area contributed by atoms with Crippen molar-refractivity contribution in [1.29, 1.82) is 0 Å². The van der Waals surface area contributed by atoms with Crippen LogP contribution in [0.4, 0.5) is 0 Å². The van der Waals surface area contributed by atoms with E-state index in [1.807, 2.05) is 0 Å². The molecule has 0 aliphatic heterocycles. The minimum atomic E-state index is -1.72. The first kappa shape index (κ1) is 37.5. The highest BCUT2D eigenvalue weighted by molar-refractivity contribution is 7.54. The number of aryl methyl sites for hydroxylation is 8. The lowest BCUT2D eigenvalue weighted by Crippen LogP contribution is -1.95. The Morgan fingerprint density at radius 3 is 0.500 bits per heavy atom. The molecular weight excluding hydrogens is 662 g/mol. The second-order valence-corrected chi connectivity index (χ2v) is 18.3. The third-order valence-corrected chi connectivity index (χ3v) is 8.23. The van der Waals surface area contributed by atoms with E-state index < -0.39 is 11.4 Å². The Morgan fingerprint density at radius 2 is 0.354 bits per heavy atom. The van der Waals surface area contributed by atoms with Crippen LogP contribution >= 0.6 is 30.1 Å². The van der Waals surface area contributed by atoms with Crippen molar-refractivity contribution in [3.05, 3.63) is 214 Å². The lowest BCUT2D eigenvalue weighted by Gasteiger charge is -2.07. The van der Waals surface area contributed by atoms with Crippen LogP contribution in [0.25, 0.3) is 0 Å². The number of hydrogen-bond donors (Lipinski definition) is 0. The van der Waals surface area contributed by atoms with E-state index in [1.54, 1.807) is 0 Å². The minimum Gasteiger partial charge on any atom is -0.214 e. The molecule has 0 atom stereocenters. The quantitative estimate of drug-likeness (QED) is 0.111.